The molecule has 110 valence electrons. The van der Waals surface area contributed by atoms with Gasteiger partial charge in [0.25, 0.3) is 0 Å². The fourth-order valence-corrected chi connectivity index (χ4v) is 1.96. The smallest absolute Gasteiger partial charge is 0.317 e. The van der Waals surface area contributed by atoms with Crippen molar-refractivity contribution in [2.24, 2.45) is 5.92 Å². The van der Waals surface area contributed by atoms with Crippen LogP contribution >= 0.6 is 15.9 Å². The van der Waals surface area contributed by atoms with Crippen LogP contribution in [0.25, 0.3) is 0 Å². The molecule has 0 aliphatic heterocycles. The summed E-state index contributed by atoms with van der Waals surface area (Å²) in [5.41, 5.74) is 0.354. The van der Waals surface area contributed by atoms with Crippen LogP contribution in [0.4, 0.5) is 9.18 Å². The number of aliphatic carboxylic acids is 1. The summed E-state index contributed by atoms with van der Waals surface area (Å²) in [5, 5.41) is 11.3. The maximum atomic E-state index is 13.5. The number of nitrogens with one attached hydrogen (secondary N) is 1. The number of carboxylic acid groups (broad SMARTS) is 1. The van der Waals surface area contributed by atoms with Crippen LogP contribution < -0.4 is 5.32 Å². The Morgan fingerprint density at radius 2 is 2.15 bits per heavy atom. The van der Waals surface area contributed by atoms with Gasteiger partial charge in [0.1, 0.15) is 5.82 Å². The lowest BCUT2D eigenvalue weighted by Gasteiger charge is -2.20. The molecule has 0 aliphatic carbocycles. The Bertz CT molecular complexity index is 510. The molecule has 1 atom stereocenters. The van der Waals surface area contributed by atoms with Gasteiger partial charge in [-0.15, -0.1) is 0 Å². The Hall–Kier alpha value is -1.63. The highest BCUT2D eigenvalue weighted by molar-refractivity contribution is 9.10. The normalized spacial score (nSPS) is 11.8. The predicted octanol–water partition coefficient (Wildman–Crippen LogP) is 2.45. The van der Waals surface area contributed by atoms with Gasteiger partial charge < -0.3 is 15.3 Å². The van der Waals surface area contributed by atoms with Gasteiger partial charge in [0, 0.05) is 30.2 Å². The summed E-state index contributed by atoms with van der Waals surface area (Å²) in [4.78, 5) is 23.7. The number of nitrogens with zero attached hydrogens (tertiary/aromatic N) is 1. The van der Waals surface area contributed by atoms with Crippen molar-refractivity contribution in [3.05, 3.63) is 34.1 Å². The molecule has 7 heteroatoms. The van der Waals surface area contributed by atoms with Crippen LogP contribution in [0.3, 0.4) is 0 Å². The van der Waals surface area contributed by atoms with E-state index >= 15 is 0 Å². The van der Waals surface area contributed by atoms with Gasteiger partial charge in [-0.1, -0.05) is 22.9 Å². The molecule has 0 bridgehead atoms. The predicted molar refractivity (Wildman–Crippen MR) is 75.8 cm³/mol. The second kappa shape index (κ2) is 7.23. The molecule has 1 rings (SSSR count). The molecular weight excluding hydrogens is 331 g/mol. The van der Waals surface area contributed by atoms with Gasteiger partial charge in [-0.05, 0) is 18.2 Å². The Morgan fingerprint density at radius 1 is 1.50 bits per heavy atom. The first-order valence-electron chi connectivity index (χ1n) is 5.97. The molecule has 0 fully saturated rings. The van der Waals surface area contributed by atoms with E-state index in [0.717, 1.165) is 4.47 Å². The Balaban J connectivity index is 2.54. The van der Waals surface area contributed by atoms with E-state index in [1.807, 2.05) is 0 Å². The summed E-state index contributed by atoms with van der Waals surface area (Å²) in [5.74, 6) is -2.04. The third-order valence-corrected chi connectivity index (χ3v) is 3.25. The first kappa shape index (κ1) is 16.4. The second-order valence-corrected chi connectivity index (χ2v) is 5.43. The molecule has 0 saturated heterocycles. The zero-order valence-electron chi connectivity index (χ0n) is 11.2. The van der Waals surface area contributed by atoms with Crippen molar-refractivity contribution in [3.63, 3.8) is 0 Å². The van der Waals surface area contributed by atoms with E-state index in [9.17, 15) is 14.0 Å². The minimum absolute atomic E-state index is 0.0376. The number of hydrogen-bond acceptors (Lipinski definition) is 2. The van der Waals surface area contributed by atoms with Crippen molar-refractivity contribution in [2.45, 2.75) is 13.5 Å². The van der Waals surface area contributed by atoms with Crippen molar-refractivity contribution in [2.75, 3.05) is 13.6 Å². The van der Waals surface area contributed by atoms with E-state index in [0.29, 0.717) is 5.56 Å². The number of rotatable bonds is 5. The Labute approximate surface area is 124 Å². The van der Waals surface area contributed by atoms with Gasteiger partial charge in [-0.25, -0.2) is 9.18 Å². The molecular formula is C13H16BrFN2O3. The molecule has 0 radical (unpaired) electrons. The molecule has 5 nitrogen and oxygen atoms in total. The van der Waals surface area contributed by atoms with E-state index < -0.39 is 23.7 Å². The molecule has 20 heavy (non-hydrogen) atoms. The lowest BCUT2D eigenvalue weighted by atomic mass is 10.2. The van der Waals surface area contributed by atoms with Crippen LogP contribution in [-0.4, -0.2) is 35.6 Å². The standard InChI is InChI=1S/C13H16BrFN2O3/c1-8(12(18)19)7-17(2)13(20)16-6-9-5-10(14)3-4-11(9)15/h3-5,8H,6-7H2,1-2H3,(H,16,20)(H,18,19). The summed E-state index contributed by atoms with van der Waals surface area (Å²) in [6.07, 6.45) is 0. The number of amides is 2. The second-order valence-electron chi connectivity index (χ2n) is 4.51. The zero-order valence-corrected chi connectivity index (χ0v) is 12.8. The van der Waals surface area contributed by atoms with Crippen LogP contribution in [0.1, 0.15) is 12.5 Å². The number of hydrogen-bond donors (Lipinski definition) is 2. The van der Waals surface area contributed by atoms with Crippen LogP contribution in [0.2, 0.25) is 0 Å². The van der Waals surface area contributed by atoms with E-state index in [2.05, 4.69) is 21.2 Å². The number of carbonyl (C=O) groups is 2. The number of carboxylic acids is 1. The van der Waals surface area contributed by atoms with Gasteiger partial charge in [-0.2, -0.15) is 0 Å². The van der Waals surface area contributed by atoms with Crippen LogP contribution in [-0.2, 0) is 11.3 Å². The number of benzene rings is 1. The largest absolute Gasteiger partial charge is 0.481 e. The fraction of sp³-hybridized carbons (Fsp3) is 0.385. The van der Waals surface area contributed by atoms with Crippen molar-refractivity contribution >= 4 is 27.9 Å². The molecule has 0 spiro atoms. The Kier molecular flexibility index (Phi) is 5.94. The summed E-state index contributed by atoms with van der Waals surface area (Å²) in [6, 6.07) is 4.01. The minimum Gasteiger partial charge on any atom is -0.481 e. The average Bonchev–Trinajstić information content (AvgIpc) is 2.39. The summed E-state index contributed by atoms with van der Waals surface area (Å²) in [7, 11) is 1.49. The molecule has 0 aliphatic rings. The fourth-order valence-electron chi connectivity index (χ4n) is 1.56. The van der Waals surface area contributed by atoms with Crippen molar-refractivity contribution in [3.8, 4) is 0 Å². The number of urea groups is 1. The molecule has 2 N–H and O–H groups in total. The minimum atomic E-state index is -0.970. The number of halogens is 2. The molecule has 0 heterocycles. The lowest BCUT2D eigenvalue weighted by Crippen LogP contribution is -2.40. The first-order chi connectivity index (χ1) is 9.31. The van der Waals surface area contributed by atoms with Crippen molar-refractivity contribution in [1.29, 1.82) is 0 Å². The Morgan fingerprint density at radius 3 is 2.75 bits per heavy atom. The zero-order chi connectivity index (χ0) is 15.3. The van der Waals surface area contributed by atoms with E-state index in [4.69, 9.17) is 5.11 Å². The molecule has 1 unspecified atom stereocenters. The van der Waals surface area contributed by atoms with Crippen molar-refractivity contribution in [1.82, 2.24) is 10.2 Å². The third kappa shape index (κ3) is 4.80. The monoisotopic (exact) mass is 346 g/mol. The van der Waals surface area contributed by atoms with Gasteiger partial charge in [-0.3, -0.25) is 4.79 Å². The summed E-state index contributed by atoms with van der Waals surface area (Å²) in [6.45, 7) is 1.64. The molecule has 0 aromatic heterocycles. The third-order valence-electron chi connectivity index (χ3n) is 2.75. The van der Waals surface area contributed by atoms with E-state index in [1.54, 1.807) is 12.1 Å². The lowest BCUT2D eigenvalue weighted by molar-refractivity contribution is -0.141. The number of carbonyl (C=O) groups excluding carboxylic acids is 1. The topological polar surface area (TPSA) is 69.6 Å². The maximum absolute atomic E-state index is 13.5. The van der Waals surface area contributed by atoms with Crippen LogP contribution in [0, 0.1) is 11.7 Å². The summed E-state index contributed by atoms with van der Waals surface area (Å²) < 4.78 is 14.2. The van der Waals surface area contributed by atoms with Crippen molar-refractivity contribution < 1.29 is 19.1 Å². The van der Waals surface area contributed by atoms with Gasteiger partial charge >= 0.3 is 12.0 Å². The highest BCUT2D eigenvalue weighted by Gasteiger charge is 2.17. The van der Waals surface area contributed by atoms with Gasteiger partial charge in [0.2, 0.25) is 0 Å². The van der Waals surface area contributed by atoms with Crippen LogP contribution in [0.15, 0.2) is 22.7 Å². The maximum Gasteiger partial charge on any atom is 0.317 e. The van der Waals surface area contributed by atoms with Crippen LogP contribution in [0.5, 0.6) is 0 Å². The molecule has 2 amide bonds. The molecule has 0 saturated carbocycles. The summed E-state index contributed by atoms with van der Waals surface area (Å²) >= 11 is 3.23. The highest BCUT2D eigenvalue weighted by Crippen LogP contribution is 2.15. The molecule has 1 aromatic carbocycles. The first-order valence-corrected chi connectivity index (χ1v) is 6.76. The highest BCUT2D eigenvalue weighted by atomic mass is 79.9. The van der Waals surface area contributed by atoms with E-state index in [-0.39, 0.29) is 13.1 Å². The van der Waals surface area contributed by atoms with Gasteiger partial charge in [0.15, 0.2) is 0 Å². The van der Waals surface area contributed by atoms with Gasteiger partial charge in [0.05, 0.1) is 5.92 Å². The molecule has 1 aromatic rings. The quantitative estimate of drug-likeness (QED) is 0.860. The average molecular weight is 347 g/mol. The SMILES string of the molecule is CC(CN(C)C(=O)NCc1cc(Br)ccc1F)C(=O)O. The van der Waals surface area contributed by atoms with E-state index in [1.165, 1.54) is 24.9 Å².